The number of guanidine groups is 1. The average molecular weight is 411 g/mol. The van der Waals surface area contributed by atoms with Crippen molar-refractivity contribution in [3.05, 3.63) is 47.3 Å². The molecule has 164 valence electrons. The summed E-state index contributed by atoms with van der Waals surface area (Å²) in [7, 11) is 1.83. The second-order valence-electron chi connectivity index (χ2n) is 8.58. The molecule has 0 bridgehead atoms. The number of para-hydroxylation sites is 1. The highest BCUT2D eigenvalue weighted by Gasteiger charge is 2.15. The Bertz CT molecular complexity index is 825. The van der Waals surface area contributed by atoms with E-state index in [1.807, 2.05) is 18.7 Å². The SMILES string of the molecule is CN=C(NCCCCN1CCCC(C)C1)NCc1ccccc1-n1nc(C)cc1C. The molecule has 0 spiro atoms. The Balaban J connectivity index is 1.44. The van der Waals surface area contributed by atoms with Gasteiger partial charge in [0.15, 0.2) is 5.96 Å². The minimum atomic E-state index is 0.708. The van der Waals surface area contributed by atoms with Crippen LogP contribution in [0, 0.1) is 19.8 Å². The maximum absolute atomic E-state index is 4.64. The normalized spacial score (nSPS) is 17.9. The van der Waals surface area contributed by atoms with Gasteiger partial charge in [-0.2, -0.15) is 5.10 Å². The highest BCUT2D eigenvalue weighted by Crippen LogP contribution is 2.17. The number of likely N-dealkylation sites (tertiary alicyclic amines) is 1. The highest BCUT2D eigenvalue weighted by atomic mass is 15.3. The first kappa shape index (κ1) is 22.3. The van der Waals surface area contributed by atoms with Crippen LogP contribution in [0.2, 0.25) is 0 Å². The summed E-state index contributed by atoms with van der Waals surface area (Å²) in [6.07, 6.45) is 5.14. The maximum Gasteiger partial charge on any atom is 0.191 e. The summed E-state index contributed by atoms with van der Waals surface area (Å²) in [4.78, 5) is 7.01. The van der Waals surface area contributed by atoms with Crippen LogP contribution in [-0.2, 0) is 6.54 Å². The van der Waals surface area contributed by atoms with Crippen LogP contribution < -0.4 is 10.6 Å². The first-order valence-electron chi connectivity index (χ1n) is 11.3. The van der Waals surface area contributed by atoms with Crippen molar-refractivity contribution in [2.45, 2.75) is 53.0 Å². The van der Waals surface area contributed by atoms with Gasteiger partial charge in [0, 0.05) is 32.4 Å². The molecule has 1 aliphatic heterocycles. The molecule has 0 radical (unpaired) electrons. The van der Waals surface area contributed by atoms with Gasteiger partial charge in [-0.3, -0.25) is 4.99 Å². The Morgan fingerprint density at radius 2 is 2.03 bits per heavy atom. The molecule has 30 heavy (non-hydrogen) atoms. The largest absolute Gasteiger partial charge is 0.356 e. The fourth-order valence-corrected chi connectivity index (χ4v) is 4.30. The summed E-state index contributed by atoms with van der Waals surface area (Å²) < 4.78 is 2.02. The van der Waals surface area contributed by atoms with Gasteiger partial charge in [-0.25, -0.2) is 4.68 Å². The van der Waals surface area contributed by atoms with Gasteiger partial charge in [-0.15, -0.1) is 0 Å². The molecule has 6 heteroatoms. The number of aliphatic imine (C=N–C) groups is 1. The Morgan fingerprint density at radius 3 is 2.77 bits per heavy atom. The number of rotatable bonds is 8. The van der Waals surface area contributed by atoms with Crippen LogP contribution in [-0.4, -0.2) is 53.9 Å². The van der Waals surface area contributed by atoms with E-state index in [0.29, 0.717) is 6.54 Å². The molecule has 1 saturated heterocycles. The molecule has 1 fully saturated rings. The molecule has 0 amide bonds. The molecule has 1 atom stereocenters. The van der Waals surface area contributed by atoms with Crippen LogP contribution in [0.1, 0.15) is 49.6 Å². The fourth-order valence-electron chi connectivity index (χ4n) is 4.30. The van der Waals surface area contributed by atoms with Crippen molar-refractivity contribution in [3.63, 3.8) is 0 Å². The number of hydrogen-bond donors (Lipinski definition) is 2. The lowest BCUT2D eigenvalue weighted by Gasteiger charge is -2.30. The third kappa shape index (κ3) is 6.33. The zero-order chi connectivity index (χ0) is 21.3. The van der Waals surface area contributed by atoms with E-state index in [9.17, 15) is 0 Å². The second-order valence-corrected chi connectivity index (χ2v) is 8.58. The molecule has 3 rings (SSSR count). The van der Waals surface area contributed by atoms with Crippen LogP contribution in [0.3, 0.4) is 0 Å². The van der Waals surface area contributed by atoms with E-state index in [1.54, 1.807) is 0 Å². The second kappa shape index (κ2) is 11.2. The Hall–Kier alpha value is -2.34. The van der Waals surface area contributed by atoms with E-state index in [0.717, 1.165) is 41.9 Å². The molecule has 0 saturated carbocycles. The molecule has 6 nitrogen and oxygen atoms in total. The van der Waals surface area contributed by atoms with E-state index in [-0.39, 0.29) is 0 Å². The summed E-state index contributed by atoms with van der Waals surface area (Å²) in [5.74, 6) is 1.71. The lowest BCUT2D eigenvalue weighted by Crippen LogP contribution is -2.38. The number of nitrogens with one attached hydrogen (secondary N) is 2. The van der Waals surface area contributed by atoms with E-state index in [4.69, 9.17) is 0 Å². The number of piperidine rings is 1. The predicted octanol–water partition coefficient (Wildman–Crippen LogP) is 3.67. The minimum Gasteiger partial charge on any atom is -0.356 e. The van der Waals surface area contributed by atoms with Crippen molar-refractivity contribution in [3.8, 4) is 5.69 Å². The monoisotopic (exact) mass is 410 g/mol. The number of aromatic nitrogens is 2. The third-order valence-electron chi connectivity index (χ3n) is 5.83. The van der Waals surface area contributed by atoms with Crippen molar-refractivity contribution in [1.82, 2.24) is 25.3 Å². The third-order valence-corrected chi connectivity index (χ3v) is 5.83. The standard InChI is InChI=1S/C24H38N6/c1-19-10-9-15-29(18-19)14-8-7-13-26-24(25-4)27-17-22-11-5-6-12-23(22)30-21(3)16-20(2)28-30/h5-6,11-12,16,19H,7-10,13-15,17-18H2,1-4H3,(H2,25,26,27). The number of benzene rings is 1. The van der Waals surface area contributed by atoms with Crippen LogP contribution in [0.15, 0.2) is 35.3 Å². The van der Waals surface area contributed by atoms with Crippen molar-refractivity contribution in [1.29, 1.82) is 0 Å². The summed E-state index contributed by atoms with van der Waals surface area (Å²) in [6, 6.07) is 10.5. The van der Waals surface area contributed by atoms with E-state index in [1.165, 1.54) is 44.5 Å². The number of unbranched alkanes of at least 4 members (excludes halogenated alkanes) is 1. The van der Waals surface area contributed by atoms with Crippen LogP contribution >= 0.6 is 0 Å². The zero-order valence-corrected chi connectivity index (χ0v) is 19.1. The summed E-state index contributed by atoms with van der Waals surface area (Å²) in [5, 5.41) is 11.6. The highest BCUT2D eigenvalue weighted by molar-refractivity contribution is 5.79. The van der Waals surface area contributed by atoms with Crippen LogP contribution in [0.5, 0.6) is 0 Å². The van der Waals surface area contributed by atoms with E-state index in [2.05, 4.69) is 69.8 Å². The molecule has 1 aromatic carbocycles. The molecule has 2 N–H and O–H groups in total. The molecule has 2 heterocycles. The van der Waals surface area contributed by atoms with E-state index < -0.39 is 0 Å². The maximum atomic E-state index is 4.64. The summed E-state index contributed by atoms with van der Waals surface area (Å²) in [5.41, 5.74) is 4.49. The van der Waals surface area contributed by atoms with Gasteiger partial charge in [0.1, 0.15) is 0 Å². The van der Waals surface area contributed by atoms with Crippen molar-refractivity contribution in [2.24, 2.45) is 10.9 Å². The van der Waals surface area contributed by atoms with Gasteiger partial charge >= 0.3 is 0 Å². The van der Waals surface area contributed by atoms with Crippen LogP contribution in [0.25, 0.3) is 5.69 Å². The zero-order valence-electron chi connectivity index (χ0n) is 19.1. The van der Waals surface area contributed by atoms with Crippen molar-refractivity contribution < 1.29 is 0 Å². The predicted molar refractivity (Wildman–Crippen MR) is 125 cm³/mol. The summed E-state index contributed by atoms with van der Waals surface area (Å²) in [6.45, 7) is 11.9. The van der Waals surface area contributed by atoms with Gasteiger partial charge in [0.2, 0.25) is 0 Å². The van der Waals surface area contributed by atoms with Crippen molar-refractivity contribution in [2.75, 3.05) is 33.2 Å². The Morgan fingerprint density at radius 1 is 1.20 bits per heavy atom. The smallest absolute Gasteiger partial charge is 0.191 e. The van der Waals surface area contributed by atoms with Gasteiger partial charge in [-0.05, 0) is 76.2 Å². The van der Waals surface area contributed by atoms with Crippen molar-refractivity contribution >= 4 is 5.96 Å². The first-order valence-corrected chi connectivity index (χ1v) is 11.3. The lowest BCUT2D eigenvalue weighted by atomic mass is 10.0. The minimum absolute atomic E-state index is 0.708. The fraction of sp³-hybridized carbons (Fsp3) is 0.583. The van der Waals surface area contributed by atoms with Gasteiger partial charge in [0.25, 0.3) is 0 Å². The molecule has 0 aliphatic carbocycles. The molecule has 1 unspecified atom stereocenters. The Kier molecular flexibility index (Phi) is 8.31. The first-order chi connectivity index (χ1) is 14.6. The topological polar surface area (TPSA) is 57.5 Å². The quantitative estimate of drug-likeness (QED) is 0.396. The molecule has 2 aromatic rings. The molecule has 1 aromatic heterocycles. The average Bonchev–Trinajstić information content (AvgIpc) is 3.08. The van der Waals surface area contributed by atoms with Crippen LogP contribution in [0.4, 0.5) is 0 Å². The number of nitrogens with zero attached hydrogens (tertiary/aromatic N) is 4. The molecule has 1 aliphatic rings. The molecular formula is C24H38N6. The molecular weight excluding hydrogens is 372 g/mol. The van der Waals surface area contributed by atoms with Gasteiger partial charge in [0.05, 0.1) is 11.4 Å². The summed E-state index contributed by atoms with van der Waals surface area (Å²) >= 11 is 0. The van der Waals surface area contributed by atoms with E-state index >= 15 is 0 Å². The number of aryl methyl sites for hydroxylation is 2. The lowest BCUT2D eigenvalue weighted by molar-refractivity contribution is 0.181. The van der Waals surface area contributed by atoms with Gasteiger partial charge < -0.3 is 15.5 Å². The number of hydrogen-bond acceptors (Lipinski definition) is 3. The van der Waals surface area contributed by atoms with Gasteiger partial charge in [-0.1, -0.05) is 25.1 Å². The Labute approximate surface area is 181 Å².